The van der Waals surface area contributed by atoms with Crippen LogP contribution < -0.4 is 0 Å². The quantitative estimate of drug-likeness (QED) is 0.631. The number of nitrogens with zero attached hydrogens (tertiary/aromatic N) is 2. The van der Waals surface area contributed by atoms with Crippen LogP contribution in [0.4, 0.5) is 8.63 Å². The van der Waals surface area contributed by atoms with Crippen molar-refractivity contribution in [3.8, 4) is 0 Å². The number of rotatable bonds is 0. The zero-order chi connectivity index (χ0) is 15.8. The molecule has 3 heterocycles. The van der Waals surface area contributed by atoms with E-state index >= 15 is 8.63 Å². The van der Waals surface area contributed by atoms with Gasteiger partial charge in [0.2, 0.25) is 0 Å². The van der Waals surface area contributed by atoms with Crippen LogP contribution in [-0.4, -0.2) is 21.6 Å². The topological polar surface area (TPSA) is 7.94 Å². The van der Waals surface area contributed by atoms with Gasteiger partial charge in [-0.1, -0.05) is 0 Å². The van der Waals surface area contributed by atoms with Gasteiger partial charge in [0.1, 0.15) is 5.71 Å². The van der Waals surface area contributed by atoms with Gasteiger partial charge >= 0.3 is 6.97 Å². The second-order valence-electron chi connectivity index (χ2n) is 7.37. The number of aryl methyl sites for hydroxylation is 1. The molecule has 1 saturated carbocycles. The Morgan fingerprint density at radius 1 is 1.04 bits per heavy atom. The fourth-order valence-electron chi connectivity index (χ4n) is 4.98. The van der Waals surface area contributed by atoms with Crippen LogP contribution in [0.2, 0.25) is 0 Å². The molecule has 4 aliphatic rings. The minimum absolute atomic E-state index is 0.754. The predicted octanol–water partition coefficient (Wildman–Crippen LogP) is 4.30. The zero-order valence-corrected chi connectivity index (χ0v) is 13.5. The van der Waals surface area contributed by atoms with Gasteiger partial charge < -0.3 is 17.6 Å². The van der Waals surface area contributed by atoms with Gasteiger partial charge in [0.25, 0.3) is 0 Å². The van der Waals surface area contributed by atoms with E-state index < -0.39 is 6.97 Å². The molecule has 1 aromatic rings. The standard InChI is InChI=1S/C18H21BF2N2/c1-12-17-10-13-6-2-4-8-15(13)22(17)19(20,21)23-16-9-5-3-7-14(16)11-18(12)23/h10-11H,2-9H2,1H3. The lowest BCUT2D eigenvalue weighted by Crippen LogP contribution is -2.52. The van der Waals surface area contributed by atoms with E-state index in [0.717, 1.165) is 90.9 Å². The number of hydrogen-bond donors (Lipinski definition) is 0. The first-order valence-electron chi connectivity index (χ1n) is 8.92. The van der Waals surface area contributed by atoms with Gasteiger partial charge in [-0.15, -0.1) is 0 Å². The van der Waals surface area contributed by atoms with E-state index in [-0.39, 0.29) is 0 Å². The van der Waals surface area contributed by atoms with Gasteiger partial charge in [-0.05, 0) is 69.2 Å². The highest BCUT2D eigenvalue weighted by atomic mass is 19.2. The third-order valence-electron chi connectivity index (χ3n) is 6.07. The van der Waals surface area contributed by atoms with Crippen molar-refractivity contribution in [2.75, 3.05) is 0 Å². The summed E-state index contributed by atoms with van der Waals surface area (Å²) in [5, 5.41) is 0. The normalized spacial score (nSPS) is 24.9. The van der Waals surface area contributed by atoms with Crippen molar-refractivity contribution in [1.29, 1.82) is 0 Å². The molecule has 0 spiro atoms. The summed E-state index contributed by atoms with van der Waals surface area (Å²) in [5.41, 5.74) is 6.59. The summed E-state index contributed by atoms with van der Waals surface area (Å²) >= 11 is 0. The van der Waals surface area contributed by atoms with Crippen LogP contribution in [0, 0.1) is 0 Å². The summed E-state index contributed by atoms with van der Waals surface area (Å²) in [6.45, 7) is -1.74. The van der Waals surface area contributed by atoms with Crippen LogP contribution in [0.5, 0.6) is 0 Å². The van der Waals surface area contributed by atoms with Crippen molar-refractivity contribution < 1.29 is 13.1 Å². The smallest absolute Gasteiger partial charge is 0.393 e. The maximum atomic E-state index is 15.6. The Hall–Kier alpha value is -1.65. The number of hydrogen-bond acceptors (Lipinski definition) is 0. The third kappa shape index (κ3) is 1.66. The van der Waals surface area contributed by atoms with E-state index in [2.05, 4.69) is 0 Å². The molecule has 0 saturated heterocycles. The molecule has 0 atom stereocenters. The molecule has 2 aliphatic carbocycles. The fraction of sp³-hybridized carbons (Fsp3) is 0.500. The Labute approximate surface area is 135 Å². The van der Waals surface area contributed by atoms with E-state index in [1.165, 1.54) is 8.96 Å². The highest BCUT2D eigenvalue weighted by Gasteiger charge is 2.55. The maximum Gasteiger partial charge on any atom is 0.737 e. The van der Waals surface area contributed by atoms with Crippen molar-refractivity contribution >= 4 is 18.3 Å². The van der Waals surface area contributed by atoms with Crippen LogP contribution >= 0.6 is 0 Å². The van der Waals surface area contributed by atoms with Crippen molar-refractivity contribution in [1.82, 2.24) is 4.48 Å². The SMILES string of the molecule is CC1=C2C=C3CCCCC3=[N+]2[B-](F)(F)n2c1cc1c2CCCC1. The number of fused-ring (bicyclic) bond motifs is 5. The lowest BCUT2D eigenvalue weighted by atomic mass is 9.86. The van der Waals surface area contributed by atoms with Crippen LogP contribution in [0.15, 0.2) is 23.4 Å². The largest absolute Gasteiger partial charge is 0.737 e. The summed E-state index contributed by atoms with van der Waals surface area (Å²) in [7, 11) is 0. The lowest BCUT2D eigenvalue weighted by molar-refractivity contribution is -0.363. The van der Waals surface area contributed by atoms with Crippen LogP contribution in [0.1, 0.15) is 62.4 Å². The average molecular weight is 314 g/mol. The first kappa shape index (κ1) is 13.8. The number of aromatic nitrogens is 1. The van der Waals surface area contributed by atoms with Crippen molar-refractivity contribution in [3.63, 3.8) is 0 Å². The molecule has 120 valence electrons. The van der Waals surface area contributed by atoms with Crippen LogP contribution in [-0.2, 0) is 12.8 Å². The summed E-state index contributed by atoms with van der Waals surface area (Å²) in [4.78, 5) is 0. The maximum absolute atomic E-state index is 15.6. The second-order valence-corrected chi connectivity index (χ2v) is 7.37. The molecule has 0 aromatic carbocycles. The van der Waals surface area contributed by atoms with E-state index in [9.17, 15) is 0 Å². The highest BCUT2D eigenvalue weighted by Crippen LogP contribution is 2.43. The Morgan fingerprint density at radius 3 is 2.65 bits per heavy atom. The minimum Gasteiger partial charge on any atom is -0.393 e. The van der Waals surface area contributed by atoms with Gasteiger partial charge in [0, 0.05) is 29.3 Å². The summed E-state index contributed by atoms with van der Waals surface area (Å²) in [5.74, 6) is 0. The summed E-state index contributed by atoms with van der Waals surface area (Å²) < 4.78 is 34.0. The van der Waals surface area contributed by atoms with Gasteiger partial charge in [-0.2, -0.15) is 0 Å². The van der Waals surface area contributed by atoms with Crippen LogP contribution in [0.25, 0.3) is 5.57 Å². The Morgan fingerprint density at radius 2 is 1.78 bits per heavy atom. The molecule has 2 nitrogen and oxygen atoms in total. The number of halogens is 2. The first-order chi connectivity index (χ1) is 11.1. The van der Waals surface area contributed by atoms with Gasteiger partial charge in [0.15, 0.2) is 5.70 Å². The van der Waals surface area contributed by atoms with Gasteiger partial charge in [-0.25, -0.2) is 0 Å². The molecule has 0 amide bonds. The third-order valence-corrected chi connectivity index (χ3v) is 6.07. The van der Waals surface area contributed by atoms with E-state index in [0.29, 0.717) is 0 Å². The molecule has 2 aliphatic heterocycles. The Bertz CT molecular complexity index is 826. The minimum atomic E-state index is -3.76. The molecule has 0 N–H and O–H groups in total. The predicted molar refractivity (Wildman–Crippen MR) is 88.9 cm³/mol. The molecule has 0 radical (unpaired) electrons. The molecule has 5 rings (SSSR count). The molecule has 0 bridgehead atoms. The zero-order valence-electron chi connectivity index (χ0n) is 13.5. The fourth-order valence-corrected chi connectivity index (χ4v) is 4.98. The molecule has 1 aromatic heterocycles. The van der Waals surface area contributed by atoms with E-state index in [4.69, 9.17) is 0 Å². The molecule has 1 fully saturated rings. The Kier molecular flexibility index (Phi) is 2.67. The van der Waals surface area contributed by atoms with Gasteiger partial charge in [0.05, 0.1) is 0 Å². The summed E-state index contributed by atoms with van der Waals surface area (Å²) in [6, 6.07) is 2.04. The average Bonchev–Trinajstić information content (AvgIpc) is 3.12. The monoisotopic (exact) mass is 314 g/mol. The Balaban J connectivity index is 1.82. The van der Waals surface area contributed by atoms with E-state index in [1.807, 2.05) is 19.1 Å². The molecule has 23 heavy (non-hydrogen) atoms. The van der Waals surface area contributed by atoms with Crippen molar-refractivity contribution in [2.45, 2.75) is 58.3 Å². The molecule has 0 unspecified atom stereocenters. The van der Waals surface area contributed by atoms with Crippen molar-refractivity contribution in [2.24, 2.45) is 0 Å². The second kappa shape index (κ2) is 4.46. The van der Waals surface area contributed by atoms with Crippen molar-refractivity contribution in [3.05, 3.63) is 40.4 Å². The number of allylic oxidation sites excluding steroid dienone is 3. The molecular formula is C18H21BF2N2. The van der Waals surface area contributed by atoms with Gasteiger partial charge in [-0.3, -0.25) is 0 Å². The van der Waals surface area contributed by atoms with E-state index in [1.54, 1.807) is 0 Å². The summed E-state index contributed by atoms with van der Waals surface area (Å²) in [6.07, 6.45) is 9.80. The first-order valence-corrected chi connectivity index (χ1v) is 8.92. The highest BCUT2D eigenvalue weighted by molar-refractivity contribution is 6.58. The lowest BCUT2D eigenvalue weighted by Gasteiger charge is -2.33. The molecular weight excluding hydrogens is 293 g/mol. The molecule has 5 heteroatoms. The van der Waals surface area contributed by atoms with Crippen LogP contribution in [0.3, 0.4) is 0 Å².